The summed E-state index contributed by atoms with van der Waals surface area (Å²) in [6.45, 7) is 9.44. The number of benzene rings is 1. The van der Waals surface area contributed by atoms with Crippen molar-refractivity contribution < 1.29 is 0 Å². The molecule has 132 valence electrons. The monoisotopic (exact) mass is 433 g/mol. The van der Waals surface area contributed by atoms with Gasteiger partial charge in [-0.25, -0.2) is 0 Å². The standard InChI is InChI=1S/C17H29N5.CH3.In/c1-4-19(2)10-13-22(17-7-5-16(18)6-8-17)14-12-21-11-9-20(3)15-21;;/h5-8H,1-2,4,9-15,18H2,3H3;1H3;. The Balaban J connectivity index is 1.56. The van der Waals surface area contributed by atoms with Crippen LogP contribution in [0.4, 0.5) is 11.4 Å². The van der Waals surface area contributed by atoms with Gasteiger partial charge in [0.1, 0.15) is 0 Å². The molecule has 1 aromatic rings. The zero-order valence-electron chi connectivity index (χ0n) is 15.3. The van der Waals surface area contributed by atoms with Crippen molar-refractivity contribution in [3.8, 4) is 0 Å². The number of hydrogen-bond donors (Lipinski definition) is 1. The fraction of sp³-hybridized carbons (Fsp3) is 0.667. The van der Waals surface area contributed by atoms with Gasteiger partial charge in [-0.1, -0.05) is 0 Å². The number of nitrogen functional groups attached to an aromatic ring is 1. The molecule has 0 aliphatic carbocycles. The van der Waals surface area contributed by atoms with Crippen molar-refractivity contribution in [1.82, 2.24) is 14.7 Å². The summed E-state index contributed by atoms with van der Waals surface area (Å²) in [4.78, 5) is 10.2. The van der Waals surface area contributed by atoms with Crippen molar-refractivity contribution in [1.29, 1.82) is 0 Å². The molecule has 2 heterocycles. The predicted octanol–water partition coefficient (Wildman–Crippen LogP) is 1.26. The normalized spacial score (nSPS) is 20.2. The van der Waals surface area contributed by atoms with Gasteiger partial charge in [-0.2, -0.15) is 0 Å². The van der Waals surface area contributed by atoms with E-state index < -0.39 is 21.4 Å². The molecule has 0 spiro atoms. The van der Waals surface area contributed by atoms with E-state index in [1.807, 2.05) is 12.1 Å². The molecule has 1 aromatic carbocycles. The van der Waals surface area contributed by atoms with Crippen molar-refractivity contribution >= 4 is 32.8 Å². The summed E-state index contributed by atoms with van der Waals surface area (Å²) in [5.74, 6) is 0. The fourth-order valence-electron chi connectivity index (χ4n) is 3.79. The maximum atomic E-state index is 5.87. The van der Waals surface area contributed by atoms with Crippen LogP contribution in [0.3, 0.4) is 0 Å². The molecule has 5 nitrogen and oxygen atoms in total. The Bertz CT molecular complexity index is 485. The molecule has 0 aromatic heterocycles. The van der Waals surface area contributed by atoms with Gasteiger partial charge in [0.05, 0.1) is 0 Å². The Labute approximate surface area is 154 Å². The first-order chi connectivity index (χ1) is 11.6. The van der Waals surface area contributed by atoms with Crippen LogP contribution in [-0.2, 0) is 0 Å². The second kappa shape index (κ2) is 8.79. The van der Waals surface area contributed by atoms with Crippen molar-refractivity contribution in [3.05, 3.63) is 24.3 Å². The molecule has 2 N–H and O–H groups in total. The van der Waals surface area contributed by atoms with E-state index in [4.69, 9.17) is 5.73 Å². The summed E-state index contributed by atoms with van der Waals surface area (Å²) in [5, 5.41) is 0. The van der Waals surface area contributed by atoms with Crippen molar-refractivity contribution in [2.45, 2.75) is 8.86 Å². The molecule has 24 heavy (non-hydrogen) atoms. The number of rotatable bonds is 7. The van der Waals surface area contributed by atoms with Crippen LogP contribution < -0.4 is 10.6 Å². The Morgan fingerprint density at radius 2 is 1.75 bits per heavy atom. The molecule has 0 saturated carbocycles. The van der Waals surface area contributed by atoms with Crippen molar-refractivity contribution in [2.24, 2.45) is 0 Å². The molecule has 0 bridgehead atoms. The average molecular weight is 433 g/mol. The summed E-state index contributed by atoms with van der Waals surface area (Å²) in [7, 11) is 2.21. The van der Waals surface area contributed by atoms with Crippen LogP contribution in [0.2, 0.25) is 8.86 Å². The molecular formula is C18H32InN5. The van der Waals surface area contributed by atoms with Gasteiger partial charge in [-0.15, -0.1) is 0 Å². The van der Waals surface area contributed by atoms with E-state index in [0.717, 1.165) is 32.0 Å². The van der Waals surface area contributed by atoms with Crippen molar-refractivity contribution in [3.63, 3.8) is 0 Å². The molecule has 0 atom stereocenters. The third-order valence-electron chi connectivity index (χ3n) is 5.38. The van der Waals surface area contributed by atoms with Crippen LogP contribution >= 0.6 is 0 Å². The van der Waals surface area contributed by atoms with Gasteiger partial charge >= 0.3 is 155 Å². The topological polar surface area (TPSA) is 39.0 Å². The molecule has 2 aliphatic heterocycles. The maximum absolute atomic E-state index is 5.87. The molecular weight excluding hydrogens is 401 g/mol. The van der Waals surface area contributed by atoms with E-state index in [1.165, 1.54) is 36.2 Å². The molecule has 3 rings (SSSR count). The average Bonchev–Trinajstić information content (AvgIpc) is 3.17. The van der Waals surface area contributed by atoms with Crippen LogP contribution in [0.5, 0.6) is 0 Å². The van der Waals surface area contributed by atoms with E-state index in [0.29, 0.717) is 0 Å². The van der Waals surface area contributed by atoms with E-state index in [-0.39, 0.29) is 0 Å². The zero-order valence-corrected chi connectivity index (χ0v) is 18.6. The predicted molar refractivity (Wildman–Crippen MR) is 105 cm³/mol. The molecule has 0 unspecified atom stereocenters. The SMILES string of the molecule is CN1CCN(CCN(CCN2C[CH2][In]([CH3])[CH2]2)c2ccc(N)cc2)C1. The molecule has 2 fully saturated rings. The van der Waals surface area contributed by atoms with Gasteiger partial charge in [-0.05, 0) is 0 Å². The quantitative estimate of drug-likeness (QED) is 0.656. The van der Waals surface area contributed by atoms with Gasteiger partial charge in [0.15, 0.2) is 0 Å². The van der Waals surface area contributed by atoms with Crippen molar-refractivity contribution in [2.75, 3.05) is 74.5 Å². The van der Waals surface area contributed by atoms with Gasteiger partial charge in [-0.3, -0.25) is 0 Å². The summed E-state index contributed by atoms with van der Waals surface area (Å²) in [5.41, 5.74) is 8.03. The third kappa shape index (κ3) is 5.28. The minimum atomic E-state index is -1.07. The Kier molecular flexibility index (Phi) is 6.72. The molecule has 0 amide bonds. The van der Waals surface area contributed by atoms with Crippen LogP contribution in [0, 0.1) is 0 Å². The van der Waals surface area contributed by atoms with E-state index in [2.05, 4.69) is 43.5 Å². The van der Waals surface area contributed by atoms with Crippen LogP contribution in [0.1, 0.15) is 0 Å². The number of likely N-dealkylation sites (N-methyl/N-ethyl adjacent to an activating group) is 1. The first-order valence-electron chi connectivity index (χ1n) is 9.34. The van der Waals surface area contributed by atoms with Crippen LogP contribution in [-0.4, -0.2) is 100.0 Å². The van der Waals surface area contributed by atoms with E-state index in [1.54, 1.807) is 4.18 Å². The zero-order chi connectivity index (χ0) is 16.9. The number of hydrogen-bond acceptors (Lipinski definition) is 5. The van der Waals surface area contributed by atoms with Gasteiger partial charge in [0.2, 0.25) is 0 Å². The number of anilines is 2. The summed E-state index contributed by atoms with van der Waals surface area (Å²) in [6.07, 6.45) is 0. The second-order valence-electron chi connectivity index (χ2n) is 7.61. The van der Waals surface area contributed by atoms with Crippen LogP contribution in [0.15, 0.2) is 24.3 Å². The molecule has 0 radical (unpaired) electrons. The summed E-state index contributed by atoms with van der Waals surface area (Å²) in [6, 6.07) is 8.41. The fourth-order valence-corrected chi connectivity index (χ4v) is 10.2. The summed E-state index contributed by atoms with van der Waals surface area (Å²) < 4.78 is 5.60. The Morgan fingerprint density at radius 1 is 1.04 bits per heavy atom. The van der Waals surface area contributed by atoms with Gasteiger partial charge < -0.3 is 0 Å². The van der Waals surface area contributed by atoms with Crippen LogP contribution in [0.25, 0.3) is 0 Å². The Hall–Kier alpha value is -0.430. The number of nitrogens with two attached hydrogens (primary N) is 1. The number of nitrogens with zero attached hydrogens (tertiary/aromatic N) is 4. The van der Waals surface area contributed by atoms with Gasteiger partial charge in [0, 0.05) is 0 Å². The van der Waals surface area contributed by atoms with E-state index >= 15 is 0 Å². The van der Waals surface area contributed by atoms with E-state index in [9.17, 15) is 0 Å². The second-order valence-corrected chi connectivity index (χ2v) is 16.6. The Morgan fingerprint density at radius 3 is 2.33 bits per heavy atom. The van der Waals surface area contributed by atoms with Gasteiger partial charge in [0.25, 0.3) is 0 Å². The molecule has 2 aliphatic rings. The third-order valence-corrected chi connectivity index (χ3v) is 12.2. The first-order valence-corrected chi connectivity index (χ1v) is 17.3. The molecule has 6 heteroatoms. The minimum absolute atomic E-state index is 0.849. The first kappa shape index (κ1) is 18.4. The summed E-state index contributed by atoms with van der Waals surface area (Å²) >= 11 is -1.07. The molecule has 2 saturated heterocycles.